The summed E-state index contributed by atoms with van der Waals surface area (Å²) in [5, 5.41) is 10.6. The van der Waals surface area contributed by atoms with E-state index in [1.807, 2.05) is 0 Å². The van der Waals surface area contributed by atoms with Gasteiger partial charge in [-0.15, -0.1) is 0 Å². The second-order valence-electron chi connectivity index (χ2n) is 6.37. The number of rotatable bonds is 3. The number of aromatic amines is 1. The van der Waals surface area contributed by atoms with Gasteiger partial charge in [0.1, 0.15) is 5.56 Å². The van der Waals surface area contributed by atoms with Gasteiger partial charge >= 0.3 is 0 Å². The molecule has 0 spiro atoms. The normalized spacial score (nSPS) is 20.9. The van der Waals surface area contributed by atoms with Gasteiger partial charge in [-0.3, -0.25) is 19.3 Å². The molecule has 1 aromatic heterocycles. The molecular formula is C16H23N3O2S. The summed E-state index contributed by atoms with van der Waals surface area (Å²) in [7, 11) is 0. The van der Waals surface area contributed by atoms with Gasteiger partial charge in [-0.1, -0.05) is 32.1 Å². The number of aromatic nitrogens is 2. The minimum absolute atomic E-state index is 0.0256. The Morgan fingerprint density at radius 2 is 1.77 bits per heavy atom. The third kappa shape index (κ3) is 3.16. The zero-order valence-corrected chi connectivity index (χ0v) is 13.6. The molecule has 0 saturated heterocycles. The van der Waals surface area contributed by atoms with E-state index < -0.39 is 0 Å². The van der Waals surface area contributed by atoms with Gasteiger partial charge in [0.15, 0.2) is 4.77 Å². The molecule has 0 unspecified atom stereocenters. The molecule has 1 aromatic rings. The summed E-state index contributed by atoms with van der Waals surface area (Å²) in [6.07, 6.45) is 11.5. The first kappa shape index (κ1) is 15.5. The molecule has 2 aliphatic rings. The SMILES string of the molecule is O=c1[nH]c(=S)n(C2CCCCC2)c(O)c1C=NC1CCCC1. The molecule has 3 rings (SSSR count). The second kappa shape index (κ2) is 6.77. The molecule has 0 aromatic carbocycles. The van der Waals surface area contributed by atoms with Crippen LogP contribution < -0.4 is 5.56 Å². The molecule has 5 nitrogen and oxygen atoms in total. The Bertz CT molecular complexity index is 665. The first-order chi connectivity index (χ1) is 10.7. The van der Waals surface area contributed by atoms with E-state index in [1.165, 1.54) is 25.5 Å². The number of nitrogens with one attached hydrogen (secondary N) is 1. The Kier molecular flexibility index (Phi) is 4.76. The molecule has 0 aliphatic heterocycles. The van der Waals surface area contributed by atoms with Crippen molar-refractivity contribution < 1.29 is 5.11 Å². The fourth-order valence-electron chi connectivity index (χ4n) is 3.58. The Morgan fingerprint density at radius 3 is 2.45 bits per heavy atom. The highest BCUT2D eigenvalue weighted by molar-refractivity contribution is 7.71. The van der Waals surface area contributed by atoms with E-state index in [0.717, 1.165) is 38.5 Å². The maximum absolute atomic E-state index is 12.1. The Morgan fingerprint density at radius 1 is 1.14 bits per heavy atom. The number of hydrogen-bond donors (Lipinski definition) is 2. The van der Waals surface area contributed by atoms with Crippen LogP contribution in [0.4, 0.5) is 0 Å². The quantitative estimate of drug-likeness (QED) is 0.661. The third-order valence-corrected chi connectivity index (χ3v) is 5.13. The van der Waals surface area contributed by atoms with E-state index in [1.54, 1.807) is 4.57 Å². The van der Waals surface area contributed by atoms with E-state index in [0.29, 0.717) is 4.77 Å². The van der Waals surface area contributed by atoms with Crippen LogP contribution in [0.3, 0.4) is 0 Å². The van der Waals surface area contributed by atoms with Crippen LogP contribution in [0.15, 0.2) is 9.79 Å². The maximum atomic E-state index is 12.1. The van der Waals surface area contributed by atoms with Crippen LogP contribution in [0.25, 0.3) is 0 Å². The highest BCUT2D eigenvalue weighted by Crippen LogP contribution is 2.31. The van der Waals surface area contributed by atoms with E-state index in [4.69, 9.17) is 12.2 Å². The number of aromatic hydroxyl groups is 1. The van der Waals surface area contributed by atoms with Crippen LogP contribution in [0.5, 0.6) is 5.88 Å². The largest absolute Gasteiger partial charge is 0.494 e. The van der Waals surface area contributed by atoms with Crippen LogP contribution in [0.1, 0.15) is 69.4 Å². The second-order valence-corrected chi connectivity index (χ2v) is 6.76. The van der Waals surface area contributed by atoms with Crippen molar-refractivity contribution in [1.29, 1.82) is 0 Å². The number of H-pyrrole nitrogens is 1. The smallest absolute Gasteiger partial charge is 0.264 e. The highest BCUT2D eigenvalue weighted by Gasteiger charge is 2.21. The van der Waals surface area contributed by atoms with Gasteiger partial charge in [0, 0.05) is 18.3 Å². The minimum atomic E-state index is -0.351. The molecule has 2 saturated carbocycles. The predicted octanol–water partition coefficient (Wildman–Crippen LogP) is 3.48. The summed E-state index contributed by atoms with van der Waals surface area (Å²) < 4.78 is 2.03. The van der Waals surface area contributed by atoms with Crippen molar-refractivity contribution in [2.24, 2.45) is 4.99 Å². The van der Waals surface area contributed by atoms with Gasteiger partial charge in [0.25, 0.3) is 5.56 Å². The van der Waals surface area contributed by atoms with Gasteiger partial charge in [-0.25, -0.2) is 0 Å². The monoisotopic (exact) mass is 321 g/mol. The van der Waals surface area contributed by atoms with Gasteiger partial charge < -0.3 is 5.11 Å². The highest BCUT2D eigenvalue weighted by atomic mass is 32.1. The molecule has 1 heterocycles. The fraction of sp³-hybridized carbons (Fsp3) is 0.688. The van der Waals surface area contributed by atoms with Crippen molar-refractivity contribution in [3.63, 3.8) is 0 Å². The van der Waals surface area contributed by atoms with Crippen molar-refractivity contribution in [1.82, 2.24) is 9.55 Å². The molecule has 0 amide bonds. The maximum Gasteiger partial charge on any atom is 0.264 e. The van der Waals surface area contributed by atoms with Crippen LogP contribution in [0.2, 0.25) is 0 Å². The standard InChI is InChI=1S/C16H23N3O2S/c20-14-13(10-17-11-6-4-5-7-11)15(21)19(16(22)18-14)12-8-2-1-3-9-12/h10-12,21H,1-9H2,(H,18,20,22). The molecule has 0 bridgehead atoms. The minimum Gasteiger partial charge on any atom is -0.494 e. The van der Waals surface area contributed by atoms with Crippen molar-refractivity contribution in [2.45, 2.75) is 69.9 Å². The van der Waals surface area contributed by atoms with Crippen molar-refractivity contribution in [2.75, 3.05) is 0 Å². The van der Waals surface area contributed by atoms with Crippen molar-refractivity contribution >= 4 is 18.4 Å². The predicted molar refractivity (Wildman–Crippen MR) is 89.5 cm³/mol. The first-order valence-electron chi connectivity index (χ1n) is 8.28. The molecule has 0 atom stereocenters. The fourth-order valence-corrected chi connectivity index (χ4v) is 3.91. The van der Waals surface area contributed by atoms with Crippen molar-refractivity contribution in [3.8, 4) is 5.88 Å². The molecule has 120 valence electrons. The molecule has 22 heavy (non-hydrogen) atoms. The molecule has 2 fully saturated rings. The summed E-state index contributed by atoms with van der Waals surface area (Å²) in [5.74, 6) is -0.0256. The zero-order valence-electron chi connectivity index (χ0n) is 12.8. The van der Waals surface area contributed by atoms with Crippen LogP contribution >= 0.6 is 12.2 Å². The average Bonchev–Trinajstić information content (AvgIpc) is 3.01. The lowest BCUT2D eigenvalue weighted by molar-refractivity contribution is 0.303. The summed E-state index contributed by atoms with van der Waals surface area (Å²) in [6, 6.07) is 0.460. The van der Waals surface area contributed by atoms with Gasteiger partial charge in [-0.2, -0.15) is 0 Å². The zero-order chi connectivity index (χ0) is 15.5. The van der Waals surface area contributed by atoms with Gasteiger partial charge in [-0.05, 0) is 37.9 Å². The third-order valence-electron chi connectivity index (χ3n) is 4.83. The molecule has 0 radical (unpaired) electrons. The number of hydrogen-bond acceptors (Lipinski definition) is 4. The lowest BCUT2D eigenvalue weighted by Gasteiger charge is -2.25. The molecule has 6 heteroatoms. The van der Waals surface area contributed by atoms with Crippen molar-refractivity contribution in [3.05, 3.63) is 20.7 Å². The first-order valence-corrected chi connectivity index (χ1v) is 8.68. The van der Waals surface area contributed by atoms with E-state index in [2.05, 4.69) is 9.98 Å². The molecular weight excluding hydrogens is 298 g/mol. The van der Waals surface area contributed by atoms with E-state index >= 15 is 0 Å². The number of nitrogens with zero attached hydrogens (tertiary/aromatic N) is 2. The average molecular weight is 321 g/mol. The Balaban J connectivity index is 1.95. The van der Waals surface area contributed by atoms with Crippen LogP contribution in [-0.4, -0.2) is 26.9 Å². The van der Waals surface area contributed by atoms with Gasteiger partial charge in [0.05, 0.1) is 0 Å². The summed E-state index contributed by atoms with van der Waals surface area (Å²) >= 11 is 5.26. The summed E-state index contributed by atoms with van der Waals surface area (Å²) in [4.78, 5) is 19.3. The Hall–Kier alpha value is -1.43. The lowest BCUT2D eigenvalue weighted by Crippen LogP contribution is -2.23. The molecule has 2 N–H and O–H groups in total. The van der Waals surface area contributed by atoms with E-state index in [9.17, 15) is 9.90 Å². The number of aliphatic imine (C=N–C) groups is 1. The van der Waals surface area contributed by atoms with Gasteiger partial charge in [0.2, 0.25) is 5.88 Å². The van der Waals surface area contributed by atoms with Crippen LogP contribution in [-0.2, 0) is 0 Å². The van der Waals surface area contributed by atoms with Crippen LogP contribution in [0, 0.1) is 4.77 Å². The summed E-state index contributed by atoms with van der Waals surface area (Å²) in [6.45, 7) is 0. The Labute approximate surface area is 135 Å². The summed E-state index contributed by atoms with van der Waals surface area (Å²) in [5.41, 5.74) is -0.109. The molecule has 2 aliphatic carbocycles. The van der Waals surface area contributed by atoms with E-state index in [-0.39, 0.29) is 29.1 Å². The topological polar surface area (TPSA) is 70.4 Å². The lowest BCUT2D eigenvalue weighted by atomic mass is 9.95.